The van der Waals surface area contributed by atoms with Crippen molar-refractivity contribution in [3.05, 3.63) is 53.4 Å². The molecule has 12 heteroatoms. The fourth-order valence-electron chi connectivity index (χ4n) is 4.42. The molecule has 1 saturated heterocycles. The van der Waals surface area contributed by atoms with Crippen molar-refractivity contribution in [2.24, 2.45) is 0 Å². The molecular formula is C23H26ClN7O4. The summed E-state index contributed by atoms with van der Waals surface area (Å²) in [6.07, 6.45) is 2.28. The van der Waals surface area contributed by atoms with Crippen molar-refractivity contribution in [3.8, 4) is 0 Å². The molecular weight excluding hydrogens is 474 g/mol. The lowest BCUT2D eigenvalue weighted by molar-refractivity contribution is -0.150. The van der Waals surface area contributed by atoms with Crippen LogP contribution in [0.1, 0.15) is 38.3 Å². The molecule has 1 aliphatic heterocycles. The zero-order valence-corrected chi connectivity index (χ0v) is 20.0. The molecule has 1 aliphatic rings. The Morgan fingerprint density at radius 3 is 2.49 bits per heavy atom. The number of carbonyl (C=O) groups excluding carboxylic acids is 2. The van der Waals surface area contributed by atoms with Crippen LogP contribution in [0, 0.1) is 0 Å². The Bertz CT molecular complexity index is 1240. The SMILES string of the molecule is CC(=O)NN(C(=O)C1(NC(=O)O)CCN(c2ncnc3[nH]ccc23)CC1)C(C)c1ccc(Cl)cc1. The van der Waals surface area contributed by atoms with Gasteiger partial charge in [0.2, 0.25) is 5.91 Å². The van der Waals surface area contributed by atoms with E-state index in [4.69, 9.17) is 11.6 Å². The van der Waals surface area contributed by atoms with E-state index < -0.39 is 29.5 Å². The second-order valence-electron chi connectivity index (χ2n) is 8.51. The Balaban J connectivity index is 1.62. The maximum Gasteiger partial charge on any atom is 0.405 e. The van der Waals surface area contributed by atoms with Gasteiger partial charge in [0.25, 0.3) is 5.91 Å². The normalized spacial score (nSPS) is 15.9. The number of hydrazine groups is 1. The second-order valence-corrected chi connectivity index (χ2v) is 8.94. The van der Waals surface area contributed by atoms with Crippen LogP contribution < -0.4 is 15.6 Å². The smallest absolute Gasteiger partial charge is 0.405 e. The van der Waals surface area contributed by atoms with E-state index in [1.54, 1.807) is 37.4 Å². The Hall–Kier alpha value is -3.86. The number of anilines is 1. The van der Waals surface area contributed by atoms with E-state index in [2.05, 4.69) is 25.7 Å². The summed E-state index contributed by atoms with van der Waals surface area (Å²) in [5.41, 5.74) is 2.58. The first kappa shape index (κ1) is 24.3. The van der Waals surface area contributed by atoms with Gasteiger partial charge in [-0.1, -0.05) is 23.7 Å². The van der Waals surface area contributed by atoms with Gasteiger partial charge in [0, 0.05) is 31.2 Å². The molecule has 1 fully saturated rings. The van der Waals surface area contributed by atoms with E-state index >= 15 is 0 Å². The minimum atomic E-state index is -1.43. The molecule has 0 bridgehead atoms. The number of nitrogens with zero attached hydrogens (tertiary/aromatic N) is 4. The topological polar surface area (TPSA) is 144 Å². The number of halogens is 1. The number of hydrogen-bond donors (Lipinski definition) is 4. The zero-order chi connectivity index (χ0) is 25.2. The minimum Gasteiger partial charge on any atom is -0.465 e. The van der Waals surface area contributed by atoms with Gasteiger partial charge >= 0.3 is 6.09 Å². The highest BCUT2D eigenvalue weighted by atomic mass is 35.5. The van der Waals surface area contributed by atoms with Crippen LogP contribution in [0.3, 0.4) is 0 Å². The summed E-state index contributed by atoms with van der Waals surface area (Å²) in [6.45, 7) is 3.79. The number of fused-ring (bicyclic) bond motifs is 1. The first-order valence-corrected chi connectivity index (χ1v) is 11.5. The van der Waals surface area contributed by atoms with Crippen LogP contribution >= 0.6 is 11.6 Å². The Kier molecular flexibility index (Phi) is 6.79. The second kappa shape index (κ2) is 9.79. The van der Waals surface area contributed by atoms with E-state index in [-0.39, 0.29) is 12.8 Å². The largest absolute Gasteiger partial charge is 0.465 e. The number of hydrogen-bond acceptors (Lipinski definition) is 6. The Morgan fingerprint density at radius 1 is 1.17 bits per heavy atom. The molecule has 3 heterocycles. The van der Waals surface area contributed by atoms with E-state index in [0.29, 0.717) is 29.6 Å². The standard InChI is InChI=1S/C23H26ClN7O4/c1-14(16-3-5-17(24)6-4-16)31(29-15(2)32)21(33)23(28-22(34)35)8-11-30(12-9-23)20-18-7-10-25-19(18)26-13-27-20/h3-7,10,13-14,28H,8-9,11-12H2,1-2H3,(H,29,32)(H,34,35)(H,25,26,27). The molecule has 3 aromatic rings. The number of amides is 3. The fraction of sp³-hybridized carbons (Fsp3) is 0.348. The average molecular weight is 500 g/mol. The molecule has 1 unspecified atom stereocenters. The number of piperidine rings is 1. The van der Waals surface area contributed by atoms with E-state index in [1.807, 2.05) is 11.0 Å². The quantitative estimate of drug-likeness (QED) is 0.395. The van der Waals surface area contributed by atoms with Crippen LogP contribution in [0.2, 0.25) is 5.02 Å². The van der Waals surface area contributed by atoms with Gasteiger partial charge in [-0.2, -0.15) is 0 Å². The maximum atomic E-state index is 13.9. The number of aromatic nitrogens is 3. The van der Waals surface area contributed by atoms with Crippen LogP contribution in [-0.4, -0.2) is 61.6 Å². The van der Waals surface area contributed by atoms with E-state index in [9.17, 15) is 19.5 Å². The first-order valence-electron chi connectivity index (χ1n) is 11.1. The summed E-state index contributed by atoms with van der Waals surface area (Å²) >= 11 is 6.00. The number of aromatic amines is 1. The Labute approximate surface area is 206 Å². The lowest BCUT2D eigenvalue weighted by Crippen LogP contribution is -2.66. The fourth-order valence-corrected chi connectivity index (χ4v) is 4.55. The third kappa shape index (κ3) is 4.99. The van der Waals surface area contributed by atoms with Crippen molar-refractivity contribution in [1.29, 1.82) is 0 Å². The number of carboxylic acid groups (broad SMARTS) is 1. The highest BCUT2D eigenvalue weighted by Gasteiger charge is 2.47. The third-order valence-corrected chi connectivity index (χ3v) is 6.49. The molecule has 2 aromatic heterocycles. The summed E-state index contributed by atoms with van der Waals surface area (Å²) in [4.78, 5) is 51.3. The van der Waals surface area contributed by atoms with Crippen molar-refractivity contribution in [1.82, 2.24) is 30.7 Å². The van der Waals surface area contributed by atoms with Gasteiger partial charge in [0.05, 0.1) is 11.4 Å². The molecule has 35 heavy (non-hydrogen) atoms. The van der Waals surface area contributed by atoms with Crippen LogP contribution in [-0.2, 0) is 9.59 Å². The molecule has 4 N–H and O–H groups in total. The predicted octanol–water partition coefficient (Wildman–Crippen LogP) is 2.86. The van der Waals surface area contributed by atoms with E-state index in [0.717, 1.165) is 10.9 Å². The molecule has 1 aromatic carbocycles. The monoisotopic (exact) mass is 499 g/mol. The third-order valence-electron chi connectivity index (χ3n) is 6.24. The minimum absolute atomic E-state index is 0.178. The number of nitrogens with one attached hydrogen (secondary N) is 3. The van der Waals surface area contributed by atoms with Crippen molar-refractivity contribution in [2.45, 2.75) is 38.3 Å². The molecule has 1 atom stereocenters. The molecule has 184 valence electrons. The highest BCUT2D eigenvalue weighted by Crippen LogP contribution is 2.32. The van der Waals surface area contributed by atoms with Crippen LogP contribution in [0.15, 0.2) is 42.9 Å². The number of carbonyl (C=O) groups is 3. The molecule has 4 rings (SSSR count). The molecule has 3 amide bonds. The molecule has 11 nitrogen and oxygen atoms in total. The molecule has 0 aliphatic carbocycles. The summed E-state index contributed by atoms with van der Waals surface area (Å²) in [6, 6.07) is 8.20. The summed E-state index contributed by atoms with van der Waals surface area (Å²) in [7, 11) is 0. The lowest BCUT2D eigenvalue weighted by atomic mass is 9.85. The van der Waals surface area contributed by atoms with Gasteiger partial charge < -0.3 is 20.3 Å². The van der Waals surface area contributed by atoms with Crippen LogP contribution in [0.25, 0.3) is 11.0 Å². The van der Waals surface area contributed by atoms with Crippen molar-refractivity contribution in [2.75, 3.05) is 18.0 Å². The van der Waals surface area contributed by atoms with Crippen LogP contribution in [0.5, 0.6) is 0 Å². The number of H-pyrrole nitrogens is 1. The Morgan fingerprint density at radius 2 is 1.86 bits per heavy atom. The average Bonchev–Trinajstić information content (AvgIpc) is 3.31. The summed E-state index contributed by atoms with van der Waals surface area (Å²) < 4.78 is 0. The highest BCUT2D eigenvalue weighted by molar-refractivity contribution is 6.30. The predicted molar refractivity (Wildman–Crippen MR) is 130 cm³/mol. The maximum absolute atomic E-state index is 13.9. The van der Waals surface area contributed by atoms with Gasteiger partial charge in [-0.05, 0) is 43.5 Å². The lowest BCUT2D eigenvalue weighted by Gasteiger charge is -2.44. The van der Waals surface area contributed by atoms with Gasteiger partial charge in [-0.25, -0.2) is 19.8 Å². The van der Waals surface area contributed by atoms with Gasteiger partial charge in [-0.15, -0.1) is 0 Å². The molecule has 0 spiro atoms. The summed E-state index contributed by atoms with van der Waals surface area (Å²) in [5, 5.41) is 14.6. The molecule has 0 radical (unpaired) electrons. The summed E-state index contributed by atoms with van der Waals surface area (Å²) in [5.74, 6) is -0.273. The number of benzene rings is 1. The van der Waals surface area contributed by atoms with E-state index in [1.165, 1.54) is 18.3 Å². The first-order chi connectivity index (χ1) is 16.7. The van der Waals surface area contributed by atoms with Gasteiger partial charge in [0.1, 0.15) is 23.3 Å². The number of rotatable bonds is 5. The van der Waals surface area contributed by atoms with Crippen molar-refractivity contribution >= 4 is 46.4 Å². The van der Waals surface area contributed by atoms with Gasteiger partial charge in [0.15, 0.2) is 0 Å². The zero-order valence-electron chi connectivity index (χ0n) is 19.3. The van der Waals surface area contributed by atoms with Crippen molar-refractivity contribution < 1.29 is 19.5 Å². The van der Waals surface area contributed by atoms with Crippen LogP contribution in [0.4, 0.5) is 10.6 Å². The van der Waals surface area contributed by atoms with Gasteiger partial charge in [-0.3, -0.25) is 15.0 Å². The van der Waals surface area contributed by atoms with Crippen molar-refractivity contribution in [3.63, 3.8) is 0 Å². The molecule has 0 saturated carbocycles.